The molecule has 0 aliphatic carbocycles. The molecule has 4 N–H and O–H groups in total. The van der Waals surface area contributed by atoms with Gasteiger partial charge in [-0.3, -0.25) is 9.89 Å². The Morgan fingerprint density at radius 3 is 2.80 bits per heavy atom. The second-order valence-electron chi connectivity index (χ2n) is 2.18. The molecule has 0 aromatic carbocycles. The Hall–Kier alpha value is -1.03. The van der Waals surface area contributed by atoms with Crippen LogP contribution in [0.2, 0.25) is 0 Å². The molecule has 0 spiro atoms. The predicted octanol–water partition coefficient (Wildman–Crippen LogP) is -0.406. The molecule has 4 nitrogen and oxygen atoms in total. The average Bonchev–Trinajstić information content (AvgIpc) is 2.31. The molecule has 10 heavy (non-hydrogen) atoms. The summed E-state index contributed by atoms with van der Waals surface area (Å²) in [6.45, 7) is 0.660. The molecule has 1 rings (SSSR count). The topological polar surface area (TPSA) is 74.7 Å². The molecule has 1 heterocycles. The van der Waals surface area contributed by atoms with Crippen molar-refractivity contribution in [3.8, 4) is 0 Å². The smallest absolute Gasteiger partial charge is 0.264 e. The van der Waals surface area contributed by atoms with Gasteiger partial charge in [0.05, 0.1) is 0 Å². The van der Waals surface area contributed by atoms with E-state index in [1.807, 2.05) is 0 Å². The number of H-pyrrole nitrogens is 2. The van der Waals surface area contributed by atoms with Gasteiger partial charge in [0.2, 0.25) is 0 Å². The van der Waals surface area contributed by atoms with E-state index in [0.29, 0.717) is 6.54 Å². The van der Waals surface area contributed by atoms with Crippen LogP contribution in [0.5, 0.6) is 0 Å². The van der Waals surface area contributed by atoms with E-state index in [2.05, 4.69) is 10.2 Å². The summed E-state index contributed by atoms with van der Waals surface area (Å²) in [7, 11) is 0. The van der Waals surface area contributed by atoms with E-state index in [0.717, 1.165) is 18.5 Å². The van der Waals surface area contributed by atoms with Gasteiger partial charge in [-0.25, -0.2) is 0 Å². The minimum Gasteiger partial charge on any atom is -0.330 e. The number of aromatic amines is 2. The van der Waals surface area contributed by atoms with Crippen molar-refractivity contribution in [2.75, 3.05) is 6.54 Å². The summed E-state index contributed by atoms with van der Waals surface area (Å²) in [6.07, 6.45) is 1.75. The molecule has 0 bridgehead atoms. The fourth-order valence-electron chi connectivity index (χ4n) is 0.799. The largest absolute Gasteiger partial charge is 0.330 e. The number of nitrogens with one attached hydrogen (secondary N) is 2. The van der Waals surface area contributed by atoms with E-state index < -0.39 is 0 Å². The first-order chi connectivity index (χ1) is 4.83. The van der Waals surface area contributed by atoms with Gasteiger partial charge >= 0.3 is 0 Å². The van der Waals surface area contributed by atoms with Crippen LogP contribution in [0.4, 0.5) is 0 Å². The quantitative estimate of drug-likeness (QED) is 0.535. The lowest BCUT2D eigenvalue weighted by Crippen LogP contribution is -2.00. The number of aryl methyl sites for hydroxylation is 1. The maximum absolute atomic E-state index is 10.5. The van der Waals surface area contributed by atoms with Crippen molar-refractivity contribution in [2.45, 2.75) is 12.8 Å². The fraction of sp³-hybridized carbons (Fsp3) is 0.500. The summed E-state index contributed by atoms with van der Waals surface area (Å²) < 4.78 is 0. The summed E-state index contributed by atoms with van der Waals surface area (Å²) in [6, 6.07) is 1.55. The number of nitrogens with two attached hydrogens (primary N) is 1. The Labute approximate surface area is 58.4 Å². The Balaban J connectivity index is 2.50. The molecule has 0 radical (unpaired) electrons. The molecule has 0 fully saturated rings. The molecule has 0 unspecified atom stereocenters. The monoisotopic (exact) mass is 141 g/mol. The highest BCUT2D eigenvalue weighted by Gasteiger charge is 1.93. The third-order valence-corrected chi connectivity index (χ3v) is 1.30. The van der Waals surface area contributed by atoms with Gasteiger partial charge in [0.25, 0.3) is 5.56 Å². The second-order valence-corrected chi connectivity index (χ2v) is 2.18. The van der Waals surface area contributed by atoms with Crippen molar-refractivity contribution < 1.29 is 0 Å². The van der Waals surface area contributed by atoms with Crippen molar-refractivity contribution in [1.29, 1.82) is 0 Å². The van der Waals surface area contributed by atoms with Gasteiger partial charge in [-0.2, -0.15) is 0 Å². The van der Waals surface area contributed by atoms with E-state index in [9.17, 15) is 4.79 Å². The lowest BCUT2D eigenvalue weighted by atomic mass is 10.2. The highest BCUT2D eigenvalue weighted by Crippen LogP contribution is 1.91. The van der Waals surface area contributed by atoms with Crippen LogP contribution in [0.25, 0.3) is 0 Å². The molecule has 1 aromatic heterocycles. The maximum Gasteiger partial charge on any atom is 0.264 e. The Kier molecular flexibility index (Phi) is 2.28. The minimum absolute atomic E-state index is 0.0768. The molecule has 0 aliphatic rings. The Morgan fingerprint density at radius 1 is 1.50 bits per heavy atom. The molecule has 0 aliphatic heterocycles. The van der Waals surface area contributed by atoms with Gasteiger partial charge in [0, 0.05) is 11.8 Å². The summed E-state index contributed by atoms with van der Waals surface area (Å²) in [5.74, 6) is 0. The SMILES string of the molecule is NCCCc1cc(=O)[nH][nH]1. The predicted molar refractivity (Wildman–Crippen MR) is 38.8 cm³/mol. The zero-order chi connectivity index (χ0) is 7.40. The van der Waals surface area contributed by atoms with E-state index in [1.54, 1.807) is 6.07 Å². The van der Waals surface area contributed by atoms with Gasteiger partial charge in [0.15, 0.2) is 0 Å². The minimum atomic E-state index is -0.0768. The van der Waals surface area contributed by atoms with Gasteiger partial charge in [-0.1, -0.05) is 0 Å². The first-order valence-electron chi connectivity index (χ1n) is 3.29. The number of rotatable bonds is 3. The third kappa shape index (κ3) is 1.73. The highest BCUT2D eigenvalue weighted by molar-refractivity contribution is 4.97. The highest BCUT2D eigenvalue weighted by atomic mass is 16.1. The molecule has 0 amide bonds. The third-order valence-electron chi connectivity index (χ3n) is 1.30. The zero-order valence-corrected chi connectivity index (χ0v) is 5.68. The van der Waals surface area contributed by atoms with Gasteiger partial charge in [-0.15, -0.1) is 0 Å². The van der Waals surface area contributed by atoms with E-state index in [1.165, 1.54) is 0 Å². The molecule has 0 atom stereocenters. The average molecular weight is 141 g/mol. The first-order valence-corrected chi connectivity index (χ1v) is 3.29. The van der Waals surface area contributed by atoms with Crippen LogP contribution in [-0.4, -0.2) is 16.7 Å². The fourth-order valence-corrected chi connectivity index (χ4v) is 0.799. The Morgan fingerprint density at radius 2 is 2.30 bits per heavy atom. The van der Waals surface area contributed by atoms with E-state index in [4.69, 9.17) is 5.73 Å². The van der Waals surface area contributed by atoms with Crippen molar-refractivity contribution in [2.24, 2.45) is 5.73 Å². The van der Waals surface area contributed by atoms with Gasteiger partial charge in [-0.05, 0) is 19.4 Å². The van der Waals surface area contributed by atoms with Crippen molar-refractivity contribution in [1.82, 2.24) is 10.2 Å². The number of aromatic nitrogens is 2. The van der Waals surface area contributed by atoms with Crippen molar-refractivity contribution in [3.63, 3.8) is 0 Å². The summed E-state index contributed by atoms with van der Waals surface area (Å²) in [4.78, 5) is 10.5. The summed E-state index contributed by atoms with van der Waals surface area (Å²) in [5, 5.41) is 5.20. The normalized spacial score (nSPS) is 10.1. The van der Waals surface area contributed by atoms with Crippen LogP contribution in [0.1, 0.15) is 12.1 Å². The lowest BCUT2D eigenvalue weighted by Gasteiger charge is -1.90. The standard InChI is InChI=1S/C6H11N3O/c7-3-1-2-5-4-6(10)9-8-5/h4H,1-3,7H2,(H2,8,9,10). The molecule has 0 saturated carbocycles. The molecule has 4 heteroatoms. The van der Waals surface area contributed by atoms with E-state index in [-0.39, 0.29) is 5.56 Å². The van der Waals surface area contributed by atoms with Gasteiger partial charge in [0.1, 0.15) is 0 Å². The van der Waals surface area contributed by atoms with Gasteiger partial charge < -0.3 is 10.8 Å². The molecular weight excluding hydrogens is 130 g/mol. The van der Waals surface area contributed by atoms with Crippen LogP contribution < -0.4 is 11.3 Å². The molecule has 0 saturated heterocycles. The van der Waals surface area contributed by atoms with Crippen molar-refractivity contribution >= 4 is 0 Å². The summed E-state index contributed by atoms with van der Waals surface area (Å²) in [5.41, 5.74) is 6.13. The van der Waals surface area contributed by atoms with Crippen LogP contribution in [0.15, 0.2) is 10.9 Å². The number of hydrogen-bond donors (Lipinski definition) is 3. The maximum atomic E-state index is 10.5. The van der Waals surface area contributed by atoms with Crippen LogP contribution in [0, 0.1) is 0 Å². The first kappa shape index (κ1) is 7.08. The van der Waals surface area contributed by atoms with Crippen molar-refractivity contribution in [3.05, 3.63) is 22.1 Å². The van der Waals surface area contributed by atoms with E-state index >= 15 is 0 Å². The van der Waals surface area contributed by atoms with Crippen LogP contribution in [-0.2, 0) is 6.42 Å². The van der Waals surface area contributed by atoms with Crippen LogP contribution >= 0.6 is 0 Å². The lowest BCUT2D eigenvalue weighted by molar-refractivity contribution is 0.803. The van der Waals surface area contributed by atoms with Crippen LogP contribution in [0.3, 0.4) is 0 Å². The number of hydrogen-bond acceptors (Lipinski definition) is 2. The molecule has 1 aromatic rings. The zero-order valence-electron chi connectivity index (χ0n) is 5.68. The Bertz CT molecular complexity index is 237. The summed E-state index contributed by atoms with van der Waals surface area (Å²) >= 11 is 0. The second kappa shape index (κ2) is 3.22. The molecular formula is C6H11N3O. The molecule has 56 valence electrons.